The van der Waals surface area contributed by atoms with E-state index in [-0.39, 0.29) is 5.91 Å². The van der Waals surface area contributed by atoms with Gasteiger partial charge in [-0.25, -0.2) is 0 Å². The number of nitrogens with zero attached hydrogens (tertiary/aromatic N) is 2. The molecule has 2 rings (SSSR count). The van der Waals surface area contributed by atoms with E-state index in [1.54, 1.807) is 18.3 Å². The molecule has 1 aliphatic heterocycles. The minimum atomic E-state index is -0.154. The molecule has 2 heterocycles. The molecule has 1 aliphatic rings. The fourth-order valence-electron chi connectivity index (χ4n) is 2.71. The number of hydrazine groups is 1. The number of likely N-dealkylation sites (tertiary alicyclic amines) is 1. The number of rotatable bonds is 6. The largest absolute Gasteiger partial charge is 0.351 e. The molecule has 1 fully saturated rings. The number of carbonyl (C=O) groups excluding carboxylic acids is 1. The van der Waals surface area contributed by atoms with Gasteiger partial charge in [0, 0.05) is 25.3 Å². The fraction of sp³-hybridized carbons (Fsp3) is 0.600. The Kier molecular flexibility index (Phi) is 5.95. The van der Waals surface area contributed by atoms with Crippen molar-refractivity contribution in [2.24, 2.45) is 5.84 Å². The number of nitrogens with one attached hydrogen (secondary N) is 2. The van der Waals surface area contributed by atoms with E-state index >= 15 is 0 Å². The third-order valence-electron chi connectivity index (χ3n) is 4.01. The molecule has 4 N–H and O–H groups in total. The van der Waals surface area contributed by atoms with Crippen molar-refractivity contribution in [2.45, 2.75) is 38.6 Å². The number of aromatic nitrogens is 1. The number of carbonyl (C=O) groups is 1. The average molecular weight is 291 g/mol. The summed E-state index contributed by atoms with van der Waals surface area (Å²) in [5.41, 5.74) is 3.57. The van der Waals surface area contributed by atoms with Crippen LogP contribution in [0.15, 0.2) is 18.3 Å². The van der Waals surface area contributed by atoms with Crippen LogP contribution in [0.3, 0.4) is 0 Å². The number of pyridine rings is 1. The Labute approximate surface area is 126 Å². The molecule has 0 saturated carbocycles. The Morgan fingerprint density at radius 1 is 1.52 bits per heavy atom. The van der Waals surface area contributed by atoms with Crippen molar-refractivity contribution in [3.63, 3.8) is 0 Å². The van der Waals surface area contributed by atoms with Crippen molar-refractivity contribution >= 4 is 11.6 Å². The van der Waals surface area contributed by atoms with Crippen LogP contribution in [0, 0.1) is 0 Å². The Balaban J connectivity index is 1.71. The van der Waals surface area contributed by atoms with Crippen molar-refractivity contribution in [3.05, 3.63) is 24.0 Å². The smallest absolute Gasteiger partial charge is 0.269 e. The summed E-state index contributed by atoms with van der Waals surface area (Å²) < 4.78 is 0. The van der Waals surface area contributed by atoms with Gasteiger partial charge in [0.05, 0.1) is 5.69 Å². The number of anilines is 1. The fourth-order valence-corrected chi connectivity index (χ4v) is 2.71. The zero-order chi connectivity index (χ0) is 15.1. The maximum absolute atomic E-state index is 12.0. The first kappa shape index (κ1) is 15.7. The topological polar surface area (TPSA) is 83.3 Å². The summed E-state index contributed by atoms with van der Waals surface area (Å²) in [4.78, 5) is 18.5. The second-order valence-electron chi connectivity index (χ2n) is 5.56. The molecule has 21 heavy (non-hydrogen) atoms. The van der Waals surface area contributed by atoms with Crippen LogP contribution in [-0.2, 0) is 0 Å². The summed E-state index contributed by atoms with van der Waals surface area (Å²) in [7, 11) is 0. The lowest BCUT2D eigenvalue weighted by atomic mass is 10.0. The van der Waals surface area contributed by atoms with Crippen LogP contribution < -0.4 is 16.6 Å². The lowest BCUT2D eigenvalue weighted by Gasteiger charge is -2.33. The van der Waals surface area contributed by atoms with E-state index in [0.29, 0.717) is 24.0 Å². The van der Waals surface area contributed by atoms with Crippen LogP contribution in [0.4, 0.5) is 5.69 Å². The number of hydrogen-bond acceptors (Lipinski definition) is 5. The minimum Gasteiger partial charge on any atom is -0.351 e. The van der Waals surface area contributed by atoms with Crippen LogP contribution in [0.5, 0.6) is 0 Å². The molecule has 6 heteroatoms. The Morgan fingerprint density at radius 2 is 2.38 bits per heavy atom. The van der Waals surface area contributed by atoms with E-state index in [1.807, 2.05) is 0 Å². The molecule has 116 valence electrons. The van der Waals surface area contributed by atoms with Crippen LogP contribution in [0.2, 0.25) is 0 Å². The second kappa shape index (κ2) is 7.95. The van der Waals surface area contributed by atoms with Crippen molar-refractivity contribution in [2.75, 3.05) is 25.1 Å². The summed E-state index contributed by atoms with van der Waals surface area (Å²) in [6.45, 7) is 5.18. The molecule has 1 atom stereocenters. The maximum atomic E-state index is 12.0. The molecular weight excluding hydrogens is 266 g/mol. The normalized spacial score (nSPS) is 19.2. The SMILES string of the molecule is CC1CCCCN1CCCNC(=O)c1cc(NN)ccn1. The molecule has 0 aliphatic carbocycles. The summed E-state index contributed by atoms with van der Waals surface area (Å²) in [5, 5.41) is 2.91. The number of amides is 1. The van der Waals surface area contributed by atoms with E-state index in [9.17, 15) is 4.79 Å². The average Bonchev–Trinajstić information content (AvgIpc) is 2.53. The van der Waals surface area contributed by atoms with Crippen molar-refractivity contribution in [3.8, 4) is 0 Å². The summed E-state index contributed by atoms with van der Waals surface area (Å²) in [5.74, 6) is 5.17. The molecule has 6 nitrogen and oxygen atoms in total. The molecule has 1 unspecified atom stereocenters. The van der Waals surface area contributed by atoms with Gasteiger partial charge < -0.3 is 15.6 Å². The molecule has 0 radical (unpaired) electrons. The second-order valence-corrected chi connectivity index (χ2v) is 5.56. The molecule has 1 aromatic rings. The Morgan fingerprint density at radius 3 is 3.14 bits per heavy atom. The van der Waals surface area contributed by atoms with Crippen LogP contribution in [-0.4, -0.2) is 41.5 Å². The Bertz CT molecular complexity index is 465. The van der Waals surface area contributed by atoms with Gasteiger partial charge in [-0.3, -0.25) is 15.6 Å². The molecule has 0 bridgehead atoms. The number of nitrogens with two attached hydrogens (primary N) is 1. The van der Waals surface area contributed by atoms with E-state index in [1.165, 1.54) is 25.8 Å². The predicted octanol–water partition coefficient (Wildman–Crippen LogP) is 1.36. The first-order chi connectivity index (χ1) is 10.2. The van der Waals surface area contributed by atoms with Crippen molar-refractivity contribution in [1.82, 2.24) is 15.2 Å². The van der Waals surface area contributed by atoms with E-state index in [4.69, 9.17) is 5.84 Å². The monoisotopic (exact) mass is 291 g/mol. The highest BCUT2D eigenvalue weighted by Gasteiger charge is 2.17. The zero-order valence-electron chi connectivity index (χ0n) is 12.6. The first-order valence-corrected chi connectivity index (χ1v) is 7.65. The number of nitrogen functional groups attached to an aromatic ring is 1. The van der Waals surface area contributed by atoms with Gasteiger partial charge in [0.15, 0.2) is 0 Å². The van der Waals surface area contributed by atoms with Gasteiger partial charge in [-0.1, -0.05) is 6.42 Å². The van der Waals surface area contributed by atoms with Gasteiger partial charge in [-0.15, -0.1) is 0 Å². The van der Waals surface area contributed by atoms with Crippen LogP contribution >= 0.6 is 0 Å². The molecule has 0 aromatic carbocycles. The van der Waals surface area contributed by atoms with Gasteiger partial charge in [0.1, 0.15) is 5.69 Å². The molecule has 1 saturated heterocycles. The van der Waals surface area contributed by atoms with Gasteiger partial charge in [0.25, 0.3) is 5.91 Å². The predicted molar refractivity (Wildman–Crippen MR) is 83.9 cm³/mol. The van der Waals surface area contributed by atoms with Gasteiger partial charge in [-0.05, 0) is 44.9 Å². The molecule has 1 aromatic heterocycles. The van der Waals surface area contributed by atoms with E-state index < -0.39 is 0 Å². The van der Waals surface area contributed by atoms with Crippen molar-refractivity contribution in [1.29, 1.82) is 0 Å². The summed E-state index contributed by atoms with van der Waals surface area (Å²) in [6, 6.07) is 4.03. The molecule has 1 amide bonds. The quantitative estimate of drug-likeness (QED) is 0.419. The number of hydrogen-bond donors (Lipinski definition) is 3. The highest BCUT2D eigenvalue weighted by molar-refractivity contribution is 5.93. The first-order valence-electron chi connectivity index (χ1n) is 7.65. The van der Waals surface area contributed by atoms with Crippen LogP contribution in [0.25, 0.3) is 0 Å². The van der Waals surface area contributed by atoms with Crippen molar-refractivity contribution < 1.29 is 4.79 Å². The number of piperidine rings is 1. The zero-order valence-corrected chi connectivity index (χ0v) is 12.6. The van der Waals surface area contributed by atoms with Crippen LogP contribution in [0.1, 0.15) is 43.1 Å². The van der Waals surface area contributed by atoms with Gasteiger partial charge in [0.2, 0.25) is 0 Å². The van der Waals surface area contributed by atoms with Gasteiger partial charge in [-0.2, -0.15) is 0 Å². The Hall–Kier alpha value is -1.66. The van der Waals surface area contributed by atoms with E-state index in [0.717, 1.165) is 13.0 Å². The lowest BCUT2D eigenvalue weighted by Crippen LogP contribution is -2.39. The third kappa shape index (κ3) is 4.68. The summed E-state index contributed by atoms with van der Waals surface area (Å²) >= 11 is 0. The minimum absolute atomic E-state index is 0.154. The lowest BCUT2D eigenvalue weighted by molar-refractivity contribution is 0.0944. The summed E-state index contributed by atoms with van der Waals surface area (Å²) in [6.07, 6.45) is 6.45. The van der Waals surface area contributed by atoms with E-state index in [2.05, 4.69) is 27.6 Å². The highest BCUT2D eigenvalue weighted by atomic mass is 16.1. The standard InChI is InChI=1S/C15H25N5O/c1-12-5-2-3-9-20(12)10-4-7-18-15(21)14-11-13(19-16)6-8-17-14/h6,8,11-12H,2-5,7,9-10,16H2,1H3,(H,17,19)(H,18,21). The third-order valence-corrected chi connectivity index (χ3v) is 4.01. The van der Waals surface area contributed by atoms with Gasteiger partial charge >= 0.3 is 0 Å². The molecular formula is C15H25N5O. The highest BCUT2D eigenvalue weighted by Crippen LogP contribution is 2.16. The maximum Gasteiger partial charge on any atom is 0.269 e. The molecule has 0 spiro atoms.